The molecule has 0 radical (unpaired) electrons. The van der Waals surface area contributed by atoms with Gasteiger partial charge in [0.2, 0.25) is 0 Å². The molecule has 1 fully saturated rings. The first-order valence-corrected chi connectivity index (χ1v) is 8.65. The van der Waals surface area contributed by atoms with E-state index in [4.69, 9.17) is 9.47 Å². The molecule has 6 nitrogen and oxygen atoms in total. The Morgan fingerprint density at radius 3 is 2.41 bits per heavy atom. The number of amides is 1. The van der Waals surface area contributed by atoms with Crippen molar-refractivity contribution in [2.45, 2.75) is 0 Å². The van der Waals surface area contributed by atoms with Crippen molar-refractivity contribution in [3.63, 3.8) is 0 Å². The first-order chi connectivity index (χ1) is 13.1. The van der Waals surface area contributed by atoms with Crippen molar-refractivity contribution in [1.82, 2.24) is 4.90 Å². The Kier molecular flexibility index (Phi) is 5.90. The predicted molar refractivity (Wildman–Crippen MR) is 99.1 cm³/mol. The fraction of sp³-hybridized carbons (Fsp3) is 0.300. The molecule has 0 N–H and O–H groups in total. The molecule has 142 valence electrons. The molecule has 1 amide bonds. The number of aldehydes is 1. The largest absolute Gasteiger partial charge is 0.493 e. The van der Waals surface area contributed by atoms with E-state index >= 15 is 0 Å². The van der Waals surface area contributed by atoms with Crippen molar-refractivity contribution in [1.29, 1.82) is 0 Å². The zero-order valence-corrected chi connectivity index (χ0v) is 15.1. The van der Waals surface area contributed by atoms with Gasteiger partial charge in [-0.15, -0.1) is 0 Å². The summed E-state index contributed by atoms with van der Waals surface area (Å²) in [6.45, 7) is 2.39. The Morgan fingerprint density at radius 2 is 1.78 bits per heavy atom. The number of rotatable bonds is 6. The summed E-state index contributed by atoms with van der Waals surface area (Å²) in [6.07, 6.45) is 0.720. The average Bonchev–Trinajstić information content (AvgIpc) is 2.72. The second kappa shape index (κ2) is 8.53. The van der Waals surface area contributed by atoms with Crippen LogP contribution in [0.15, 0.2) is 42.5 Å². The lowest BCUT2D eigenvalue weighted by atomic mass is 10.2. The molecule has 1 aliphatic rings. The van der Waals surface area contributed by atoms with Crippen LogP contribution in [0.5, 0.6) is 11.5 Å². The summed E-state index contributed by atoms with van der Waals surface area (Å²) in [5.41, 5.74) is 1.42. The second-order valence-electron chi connectivity index (χ2n) is 6.16. The molecule has 0 bridgehead atoms. The summed E-state index contributed by atoms with van der Waals surface area (Å²) in [4.78, 5) is 27.1. The Labute approximate surface area is 157 Å². The fourth-order valence-electron chi connectivity index (χ4n) is 2.97. The monoisotopic (exact) mass is 372 g/mol. The SMILES string of the molecule is COc1cc(C=O)ccc1OCC(=O)N1CCN(c2ccc(F)cc2)CC1. The van der Waals surface area contributed by atoms with Crippen LogP contribution in [0.1, 0.15) is 10.4 Å². The van der Waals surface area contributed by atoms with Gasteiger partial charge in [0.15, 0.2) is 18.1 Å². The third kappa shape index (κ3) is 4.55. The number of benzene rings is 2. The van der Waals surface area contributed by atoms with Crippen molar-refractivity contribution in [3.8, 4) is 11.5 Å². The average molecular weight is 372 g/mol. The summed E-state index contributed by atoms with van der Waals surface area (Å²) < 4.78 is 23.8. The molecule has 0 aliphatic carbocycles. The van der Waals surface area contributed by atoms with Gasteiger partial charge in [0.05, 0.1) is 7.11 Å². The highest BCUT2D eigenvalue weighted by Crippen LogP contribution is 2.27. The van der Waals surface area contributed by atoms with E-state index in [2.05, 4.69) is 4.90 Å². The van der Waals surface area contributed by atoms with Crippen molar-refractivity contribution in [3.05, 3.63) is 53.8 Å². The Hall–Kier alpha value is -3.09. The smallest absolute Gasteiger partial charge is 0.260 e. The number of hydrogen-bond donors (Lipinski definition) is 0. The van der Waals surface area contributed by atoms with Gasteiger partial charge in [-0.1, -0.05) is 0 Å². The number of piperazine rings is 1. The predicted octanol–water partition coefficient (Wildman–Crippen LogP) is 2.37. The lowest BCUT2D eigenvalue weighted by Crippen LogP contribution is -2.50. The first-order valence-electron chi connectivity index (χ1n) is 8.65. The molecule has 1 aliphatic heterocycles. The number of methoxy groups -OCH3 is 1. The molecule has 2 aromatic carbocycles. The second-order valence-corrected chi connectivity index (χ2v) is 6.16. The molecule has 0 aromatic heterocycles. The summed E-state index contributed by atoms with van der Waals surface area (Å²) in [5.74, 6) is 0.450. The molecule has 3 rings (SSSR count). The topological polar surface area (TPSA) is 59.1 Å². The summed E-state index contributed by atoms with van der Waals surface area (Å²) >= 11 is 0. The molecular formula is C20H21FN2O4. The van der Waals surface area contributed by atoms with E-state index in [1.807, 2.05) is 0 Å². The Morgan fingerprint density at radius 1 is 1.07 bits per heavy atom. The van der Waals surface area contributed by atoms with Gasteiger partial charge in [0.1, 0.15) is 12.1 Å². The van der Waals surface area contributed by atoms with Crippen molar-refractivity contribution in [2.75, 3.05) is 44.8 Å². The van der Waals surface area contributed by atoms with Gasteiger partial charge in [-0.05, 0) is 42.5 Å². The van der Waals surface area contributed by atoms with Crippen LogP contribution in [0.3, 0.4) is 0 Å². The third-order valence-corrected chi connectivity index (χ3v) is 4.50. The van der Waals surface area contributed by atoms with Crippen molar-refractivity contribution >= 4 is 17.9 Å². The zero-order valence-electron chi connectivity index (χ0n) is 15.1. The fourth-order valence-corrected chi connectivity index (χ4v) is 2.97. The number of carbonyl (C=O) groups excluding carboxylic acids is 2. The molecule has 0 unspecified atom stereocenters. The van der Waals surface area contributed by atoms with Crippen LogP contribution in [-0.4, -0.2) is 57.0 Å². The van der Waals surface area contributed by atoms with Crippen LogP contribution >= 0.6 is 0 Å². The number of ether oxygens (including phenoxy) is 2. The Balaban J connectivity index is 1.52. The lowest BCUT2D eigenvalue weighted by Gasteiger charge is -2.36. The highest BCUT2D eigenvalue weighted by atomic mass is 19.1. The van der Waals surface area contributed by atoms with Gasteiger partial charge in [0, 0.05) is 37.4 Å². The lowest BCUT2D eigenvalue weighted by molar-refractivity contribution is -0.133. The molecule has 7 heteroatoms. The first kappa shape index (κ1) is 18.7. The summed E-state index contributed by atoms with van der Waals surface area (Å²) in [6, 6.07) is 11.1. The molecule has 0 saturated carbocycles. The van der Waals surface area contributed by atoms with E-state index in [0.29, 0.717) is 43.2 Å². The van der Waals surface area contributed by atoms with E-state index in [1.54, 1.807) is 35.2 Å². The van der Waals surface area contributed by atoms with Gasteiger partial charge in [-0.25, -0.2) is 4.39 Å². The number of halogens is 1. The van der Waals surface area contributed by atoms with E-state index in [0.717, 1.165) is 12.0 Å². The maximum atomic E-state index is 13.0. The quantitative estimate of drug-likeness (QED) is 0.729. The molecule has 0 atom stereocenters. The zero-order chi connectivity index (χ0) is 19.2. The Bertz CT molecular complexity index is 802. The van der Waals surface area contributed by atoms with E-state index in [1.165, 1.54) is 19.2 Å². The molecule has 1 saturated heterocycles. The van der Waals surface area contributed by atoms with Gasteiger partial charge in [-0.3, -0.25) is 9.59 Å². The standard InChI is InChI=1S/C20H21FN2O4/c1-26-19-12-15(13-24)2-7-18(19)27-14-20(25)23-10-8-22(9-11-23)17-5-3-16(21)4-6-17/h2-7,12-13H,8-11,14H2,1H3. The molecular weight excluding hydrogens is 351 g/mol. The molecule has 1 heterocycles. The normalized spacial score (nSPS) is 14.0. The minimum absolute atomic E-state index is 0.104. The van der Waals surface area contributed by atoms with Crippen molar-refractivity contribution in [2.24, 2.45) is 0 Å². The number of nitrogens with zero attached hydrogens (tertiary/aromatic N) is 2. The van der Waals surface area contributed by atoms with Crippen LogP contribution in [0.25, 0.3) is 0 Å². The van der Waals surface area contributed by atoms with Crippen LogP contribution in [-0.2, 0) is 4.79 Å². The highest BCUT2D eigenvalue weighted by Gasteiger charge is 2.22. The van der Waals surface area contributed by atoms with Crippen LogP contribution in [0.2, 0.25) is 0 Å². The van der Waals surface area contributed by atoms with Crippen LogP contribution < -0.4 is 14.4 Å². The number of anilines is 1. The van der Waals surface area contributed by atoms with Crippen LogP contribution in [0.4, 0.5) is 10.1 Å². The van der Waals surface area contributed by atoms with E-state index in [-0.39, 0.29) is 18.3 Å². The summed E-state index contributed by atoms with van der Waals surface area (Å²) in [5, 5.41) is 0. The summed E-state index contributed by atoms with van der Waals surface area (Å²) in [7, 11) is 1.48. The highest BCUT2D eigenvalue weighted by molar-refractivity contribution is 5.79. The van der Waals surface area contributed by atoms with Crippen LogP contribution in [0, 0.1) is 5.82 Å². The minimum atomic E-state index is -0.263. The van der Waals surface area contributed by atoms with Gasteiger partial charge in [-0.2, -0.15) is 0 Å². The molecule has 27 heavy (non-hydrogen) atoms. The van der Waals surface area contributed by atoms with E-state index < -0.39 is 0 Å². The van der Waals surface area contributed by atoms with E-state index in [9.17, 15) is 14.0 Å². The minimum Gasteiger partial charge on any atom is -0.493 e. The van der Waals surface area contributed by atoms with Gasteiger partial charge in [0.25, 0.3) is 5.91 Å². The number of carbonyl (C=O) groups is 2. The van der Waals surface area contributed by atoms with Crippen molar-refractivity contribution < 1.29 is 23.5 Å². The molecule has 0 spiro atoms. The maximum absolute atomic E-state index is 13.0. The van der Waals surface area contributed by atoms with Gasteiger partial charge < -0.3 is 19.3 Å². The van der Waals surface area contributed by atoms with Gasteiger partial charge >= 0.3 is 0 Å². The third-order valence-electron chi connectivity index (χ3n) is 4.50. The number of hydrogen-bond acceptors (Lipinski definition) is 5. The molecule has 2 aromatic rings. The maximum Gasteiger partial charge on any atom is 0.260 e.